The molecular weight excluding hydrogens is 626 g/mol. The molecule has 3 aromatic heterocycles. The van der Waals surface area contributed by atoms with Gasteiger partial charge in [-0.25, -0.2) is 9.67 Å². The van der Waals surface area contributed by atoms with Gasteiger partial charge < -0.3 is 15.8 Å². The number of aromatic nitrogens is 5. The molecule has 1 unspecified atom stereocenters. The third kappa shape index (κ3) is 8.76. The van der Waals surface area contributed by atoms with E-state index in [4.69, 9.17) is 10.5 Å². The molecule has 14 heteroatoms. The second-order valence-electron chi connectivity index (χ2n) is 13.7. The van der Waals surface area contributed by atoms with Crippen molar-refractivity contribution in [2.24, 2.45) is 17.6 Å². The van der Waals surface area contributed by atoms with Crippen molar-refractivity contribution in [3.63, 3.8) is 0 Å². The summed E-state index contributed by atoms with van der Waals surface area (Å²) >= 11 is 0. The molecule has 1 saturated carbocycles. The van der Waals surface area contributed by atoms with E-state index in [0.717, 1.165) is 37.4 Å². The molecule has 252 valence electrons. The molecule has 1 aliphatic rings. The maximum Gasteiger partial charge on any atom is 0.267 e. The quantitative estimate of drug-likeness (QED) is 0.135. The number of halogens is 1. The predicted octanol–water partition coefficient (Wildman–Crippen LogP) is 5.24. The number of nitrogens with two attached hydrogens (primary N) is 1. The molecule has 0 aromatic carbocycles. The number of aryl methyl sites for hydroxylation is 2. The number of hydrogen-bond acceptors (Lipinski definition) is 7. The van der Waals surface area contributed by atoms with Crippen LogP contribution >= 0.6 is 0 Å². The molecule has 4 rings (SSSR count). The average Bonchev–Trinajstić information content (AvgIpc) is 3.51. The molecule has 0 saturated heterocycles. The van der Waals surface area contributed by atoms with E-state index in [1.165, 1.54) is 10.9 Å². The van der Waals surface area contributed by atoms with Gasteiger partial charge in [-0.15, -0.1) is 0 Å². The second kappa shape index (κ2) is 15.1. The number of nitrogens with one attached hydrogen (secondary N) is 1. The molecule has 1 aliphatic carbocycles. The SMILES string of the molecule is Cc1nn(COCC[Si](C)(C)C)c(C)c1-c1ccc(NC(=O)[C@H](c2cnn(CCS(C)=O)c2C(N)=O)C2CCC(C)CC2)nc1F. The lowest BCUT2D eigenvalue weighted by molar-refractivity contribution is -0.119. The number of anilines is 1. The van der Waals surface area contributed by atoms with Crippen molar-refractivity contribution in [2.45, 2.75) is 91.3 Å². The van der Waals surface area contributed by atoms with Crippen LogP contribution in [0.4, 0.5) is 10.2 Å². The fourth-order valence-electron chi connectivity index (χ4n) is 6.15. The van der Waals surface area contributed by atoms with Crippen molar-refractivity contribution >= 4 is 36.5 Å². The van der Waals surface area contributed by atoms with Crippen LogP contribution in [-0.2, 0) is 33.6 Å². The summed E-state index contributed by atoms with van der Waals surface area (Å²) in [4.78, 5) is 30.7. The topological polar surface area (TPSA) is 147 Å². The molecule has 2 atom stereocenters. The van der Waals surface area contributed by atoms with Gasteiger partial charge in [0.05, 0.1) is 24.4 Å². The second-order valence-corrected chi connectivity index (χ2v) is 20.9. The van der Waals surface area contributed by atoms with Gasteiger partial charge in [0.15, 0.2) is 0 Å². The van der Waals surface area contributed by atoms with Gasteiger partial charge in [-0.2, -0.15) is 14.6 Å². The van der Waals surface area contributed by atoms with E-state index in [0.29, 0.717) is 29.3 Å². The molecule has 0 radical (unpaired) electrons. The van der Waals surface area contributed by atoms with Crippen LogP contribution in [0.5, 0.6) is 0 Å². The molecule has 46 heavy (non-hydrogen) atoms. The zero-order valence-corrected chi connectivity index (χ0v) is 29.9. The number of amides is 2. The Morgan fingerprint density at radius 1 is 1.17 bits per heavy atom. The largest absolute Gasteiger partial charge is 0.364 e. The molecule has 0 bridgehead atoms. The Hall–Kier alpha value is -3.23. The number of rotatable bonds is 14. The fourth-order valence-corrected chi connectivity index (χ4v) is 7.33. The van der Waals surface area contributed by atoms with Crippen molar-refractivity contribution < 1.29 is 22.9 Å². The first kappa shape index (κ1) is 35.6. The Labute approximate surface area is 274 Å². The van der Waals surface area contributed by atoms with Crippen LogP contribution in [-0.4, -0.2) is 67.3 Å². The summed E-state index contributed by atoms with van der Waals surface area (Å²) in [6, 6.07) is 4.21. The van der Waals surface area contributed by atoms with Gasteiger partial charge in [0.1, 0.15) is 18.2 Å². The zero-order chi connectivity index (χ0) is 33.8. The summed E-state index contributed by atoms with van der Waals surface area (Å²) < 4.78 is 36.4. The highest BCUT2D eigenvalue weighted by Gasteiger charge is 2.37. The first-order chi connectivity index (χ1) is 21.7. The number of carbonyl (C=O) groups excluding carboxylic acids is 2. The van der Waals surface area contributed by atoms with Crippen molar-refractivity contribution in [3.8, 4) is 11.1 Å². The average molecular weight is 674 g/mol. The van der Waals surface area contributed by atoms with Crippen LogP contribution < -0.4 is 11.1 Å². The summed E-state index contributed by atoms with van der Waals surface area (Å²) in [7, 11) is -2.33. The number of primary amides is 1. The third-order valence-electron chi connectivity index (χ3n) is 8.80. The maximum absolute atomic E-state index is 15.6. The molecule has 3 heterocycles. The highest BCUT2D eigenvalue weighted by molar-refractivity contribution is 7.84. The van der Waals surface area contributed by atoms with E-state index in [1.54, 1.807) is 23.1 Å². The summed E-state index contributed by atoms with van der Waals surface area (Å²) in [5, 5.41) is 11.7. The fraction of sp³-hybridized carbons (Fsp3) is 0.594. The van der Waals surface area contributed by atoms with Crippen molar-refractivity contribution in [1.82, 2.24) is 24.5 Å². The zero-order valence-electron chi connectivity index (χ0n) is 28.1. The number of hydrogen-bond donors (Lipinski definition) is 2. The van der Waals surface area contributed by atoms with E-state index in [1.807, 2.05) is 13.8 Å². The Morgan fingerprint density at radius 2 is 1.87 bits per heavy atom. The third-order valence-corrected chi connectivity index (χ3v) is 11.3. The van der Waals surface area contributed by atoms with Gasteiger partial charge in [-0.05, 0) is 56.7 Å². The van der Waals surface area contributed by atoms with Crippen LogP contribution in [0.3, 0.4) is 0 Å². The van der Waals surface area contributed by atoms with Crippen LogP contribution in [0.25, 0.3) is 11.1 Å². The standard InChI is InChI=1S/C32H48FN7O4SSi/c1-20-8-10-23(11-9-20)28(25-18-35-39(14-16-45(4)43)29(25)31(34)41)32(42)37-26-13-12-24(30(33)36-26)27-21(2)38-40(22(27)3)19-44-15-17-46(5,6)7/h12-13,18,20,23,28H,8-11,14-17,19H2,1-7H3,(H2,34,41)(H,36,37,42)/t20?,23?,28-,45?/m0/s1. The number of nitrogens with zero attached hydrogens (tertiary/aromatic N) is 5. The van der Waals surface area contributed by atoms with Crippen LogP contribution in [0, 0.1) is 31.6 Å². The van der Waals surface area contributed by atoms with E-state index in [-0.39, 0.29) is 42.0 Å². The lowest BCUT2D eigenvalue weighted by atomic mass is 9.73. The van der Waals surface area contributed by atoms with Gasteiger partial charge in [0, 0.05) is 59.9 Å². The number of carbonyl (C=O) groups is 2. The summed E-state index contributed by atoms with van der Waals surface area (Å²) in [6.45, 7) is 13.9. The Bertz CT molecular complexity index is 1580. The Morgan fingerprint density at radius 3 is 2.48 bits per heavy atom. The van der Waals surface area contributed by atoms with Gasteiger partial charge in [-0.1, -0.05) is 39.4 Å². The molecule has 2 amide bonds. The van der Waals surface area contributed by atoms with Crippen molar-refractivity contribution in [3.05, 3.63) is 46.9 Å². The first-order valence-electron chi connectivity index (χ1n) is 15.9. The van der Waals surface area contributed by atoms with Crippen LogP contribution in [0.2, 0.25) is 25.7 Å². The molecule has 3 N–H and O–H groups in total. The summed E-state index contributed by atoms with van der Waals surface area (Å²) in [5.74, 6) is -1.78. The minimum atomic E-state index is -1.22. The van der Waals surface area contributed by atoms with E-state index >= 15 is 4.39 Å². The van der Waals surface area contributed by atoms with Crippen molar-refractivity contribution in [1.29, 1.82) is 0 Å². The summed E-state index contributed by atoms with van der Waals surface area (Å²) in [5.41, 5.74) is 8.68. The highest BCUT2D eigenvalue weighted by atomic mass is 32.2. The first-order valence-corrected chi connectivity index (χ1v) is 21.3. The predicted molar refractivity (Wildman–Crippen MR) is 181 cm³/mol. The monoisotopic (exact) mass is 673 g/mol. The van der Waals surface area contributed by atoms with Gasteiger partial charge in [0.2, 0.25) is 11.9 Å². The Kier molecular flexibility index (Phi) is 11.7. The van der Waals surface area contributed by atoms with E-state index < -0.39 is 42.6 Å². The molecule has 3 aromatic rings. The van der Waals surface area contributed by atoms with Gasteiger partial charge in [-0.3, -0.25) is 18.5 Å². The smallest absolute Gasteiger partial charge is 0.267 e. The lowest BCUT2D eigenvalue weighted by Crippen LogP contribution is -2.32. The maximum atomic E-state index is 15.6. The van der Waals surface area contributed by atoms with Crippen molar-refractivity contribution in [2.75, 3.05) is 23.9 Å². The number of pyridine rings is 1. The van der Waals surface area contributed by atoms with E-state index in [2.05, 4.69) is 47.1 Å². The molecule has 0 spiro atoms. The number of ether oxygens (including phenoxy) is 1. The lowest BCUT2D eigenvalue weighted by Gasteiger charge is -2.32. The minimum Gasteiger partial charge on any atom is -0.364 e. The van der Waals surface area contributed by atoms with Gasteiger partial charge >= 0.3 is 0 Å². The minimum absolute atomic E-state index is 0.0622. The van der Waals surface area contributed by atoms with Crippen LogP contribution in [0.1, 0.15) is 66.0 Å². The molecular formula is C32H48FN7O4SSi. The Balaban J connectivity index is 1.58. The summed E-state index contributed by atoms with van der Waals surface area (Å²) in [6.07, 6.45) is 6.54. The normalized spacial score (nSPS) is 18.3. The van der Waals surface area contributed by atoms with E-state index in [9.17, 15) is 13.8 Å². The van der Waals surface area contributed by atoms with Crippen LogP contribution in [0.15, 0.2) is 18.3 Å². The molecule has 1 fully saturated rings. The highest BCUT2D eigenvalue weighted by Crippen LogP contribution is 2.40. The molecule has 11 nitrogen and oxygen atoms in total. The molecule has 0 aliphatic heterocycles. The van der Waals surface area contributed by atoms with Gasteiger partial charge in [0.25, 0.3) is 5.91 Å².